The topological polar surface area (TPSA) is 83.3 Å². The van der Waals surface area contributed by atoms with E-state index >= 15 is 0 Å². The van der Waals surface area contributed by atoms with Gasteiger partial charge in [-0.05, 0) is 19.9 Å². The molecule has 1 heterocycles. The monoisotopic (exact) mass is 250 g/mol. The molecule has 1 aromatic rings. The van der Waals surface area contributed by atoms with Crippen LogP contribution in [-0.2, 0) is 11.8 Å². The van der Waals surface area contributed by atoms with Gasteiger partial charge in [0.15, 0.2) is 5.69 Å². The molecule has 94 valence electrons. The van der Waals surface area contributed by atoms with E-state index in [1.54, 1.807) is 0 Å². The van der Waals surface area contributed by atoms with Crippen LogP contribution in [0.25, 0.3) is 0 Å². The van der Waals surface area contributed by atoms with Crippen molar-refractivity contribution >= 4 is 5.97 Å². The highest BCUT2D eigenvalue weighted by Crippen LogP contribution is 2.28. The lowest BCUT2D eigenvalue weighted by Crippen LogP contribution is -2.23. The summed E-state index contributed by atoms with van der Waals surface area (Å²) < 4.78 is 37.2. The van der Waals surface area contributed by atoms with Crippen molar-refractivity contribution in [3.8, 4) is 0 Å². The molecule has 2 N–H and O–H groups in total. The summed E-state index contributed by atoms with van der Waals surface area (Å²) in [6, 6.07) is 0.803. The van der Waals surface area contributed by atoms with Gasteiger partial charge in [0.1, 0.15) is 5.60 Å². The quantitative estimate of drug-likeness (QED) is 0.829. The zero-order chi connectivity index (χ0) is 13.4. The fourth-order valence-electron chi connectivity index (χ4n) is 0.997. The smallest absolute Gasteiger partial charge is 0.451 e. The number of aliphatic hydroxyl groups is 1. The highest BCUT2D eigenvalue weighted by Gasteiger charge is 2.37. The van der Waals surface area contributed by atoms with Gasteiger partial charge in [-0.2, -0.15) is 13.2 Å². The van der Waals surface area contributed by atoms with Gasteiger partial charge in [0, 0.05) is 0 Å². The summed E-state index contributed by atoms with van der Waals surface area (Å²) in [6.45, 7) is 2.39. The van der Waals surface area contributed by atoms with Crippen molar-refractivity contribution in [3.05, 3.63) is 23.3 Å². The molecule has 0 atom stereocenters. The molecule has 0 aromatic carbocycles. The summed E-state index contributed by atoms with van der Waals surface area (Å²) in [5.74, 6) is -3.21. The largest absolute Gasteiger partial charge is 0.477 e. The predicted molar refractivity (Wildman–Crippen MR) is 49.2 cm³/mol. The maximum atomic E-state index is 12.4. The van der Waals surface area contributed by atoms with E-state index in [1.165, 1.54) is 13.8 Å². The number of nitrogens with zero attached hydrogens (tertiary/aromatic N) is 2. The first-order valence-electron chi connectivity index (χ1n) is 4.44. The molecule has 0 amide bonds. The molecule has 0 aliphatic carbocycles. The molecule has 0 fully saturated rings. The molecule has 0 spiro atoms. The molecule has 0 saturated carbocycles. The van der Waals surface area contributed by atoms with E-state index in [-0.39, 0.29) is 0 Å². The number of rotatable bonds is 2. The molecular weight excluding hydrogens is 241 g/mol. The van der Waals surface area contributed by atoms with Gasteiger partial charge in [-0.1, -0.05) is 0 Å². The van der Waals surface area contributed by atoms with Gasteiger partial charge in [-0.3, -0.25) is 0 Å². The molecule has 0 aliphatic rings. The third-order valence-corrected chi connectivity index (χ3v) is 1.83. The minimum absolute atomic E-state index is 0.405. The SMILES string of the molecule is CC(C)(O)c1cc(C(=O)O)nc(C(F)(F)F)n1. The fraction of sp³-hybridized carbons (Fsp3) is 0.444. The standard InChI is InChI=1S/C9H9F3N2O3/c1-8(2,17)5-3-4(6(15)16)13-7(14-5)9(10,11)12/h3,17H,1-2H3,(H,15,16). The van der Waals surface area contributed by atoms with Crippen molar-refractivity contribution < 1.29 is 28.2 Å². The van der Waals surface area contributed by atoms with Crippen molar-refractivity contribution in [2.45, 2.75) is 25.6 Å². The number of hydrogen-bond acceptors (Lipinski definition) is 4. The lowest BCUT2D eigenvalue weighted by atomic mass is 10.0. The minimum atomic E-state index is -4.87. The van der Waals surface area contributed by atoms with Crippen LogP contribution in [0.1, 0.15) is 35.9 Å². The number of carboxylic acid groups (broad SMARTS) is 1. The fourth-order valence-corrected chi connectivity index (χ4v) is 0.997. The second-order valence-corrected chi connectivity index (χ2v) is 3.82. The van der Waals surface area contributed by atoms with Gasteiger partial charge in [-0.15, -0.1) is 0 Å². The van der Waals surface area contributed by atoms with Crippen LogP contribution in [0.2, 0.25) is 0 Å². The normalized spacial score (nSPS) is 12.6. The lowest BCUT2D eigenvalue weighted by Gasteiger charge is -2.18. The van der Waals surface area contributed by atoms with Crippen LogP contribution < -0.4 is 0 Å². The first kappa shape index (κ1) is 13.4. The Morgan fingerprint density at radius 3 is 2.18 bits per heavy atom. The van der Waals surface area contributed by atoms with E-state index in [0.29, 0.717) is 0 Å². The van der Waals surface area contributed by atoms with Crippen LogP contribution in [0.15, 0.2) is 6.07 Å². The number of aromatic nitrogens is 2. The maximum absolute atomic E-state index is 12.4. The Balaban J connectivity index is 3.45. The zero-order valence-electron chi connectivity index (χ0n) is 8.91. The Labute approximate surface area is 93.9 Å². The molecule has 0 saturated heterocycles. The van der Waals surface area contributed by atoms with Gasteiger partial charge in [0.25, 0.3) is 0 Å². The summed E-state index contributed by atoms with van der Waals surface area (Å²) in [5, 5.41) is 18.2. The first-order chi connectivity index (χ1) is 7.51. The molecule has 1 aromatic heterocycles. The van der Waals surface area contributed by atoms with E-state index in [9.17, 15) is 23.1 Å². The molecule has 1 rings (SSSR count). The second-order valence-electron chi connectivity index (χ2n) is 3.82. The highest BCUT2D eigenvalue weighted by atomic mass is 19.4. The van der Waals surface area contributed by atoms with Crippen LogP contribution >= 0.6 is 0 Å². The molecular formula is C9H9F3N2O3. The summed E-state index contributed by atoms with van der Waals surface area (Å²) in [5.41, 5.74) is -2.91. The van der Waals surface area contributed by atoms with Crippen molar-refractivity contribution in [2.75, 3.05) is 0 Å². The molecule has 0 aliphatic heterocycles. The number of hydrogen-bond donors (Lipinski definition) is 2. The van der Waals surface area contributed by atoms with E-state index in [0.717, 1.165) is 6.07 Å². The van der Waals surface area contributed by atoms with Crippen LogP contribution in [0.3, 0.4) is 0 Å². The van der Waals surface area contributed by atoms with Crippen molar-refractivity contribution in [3.63, 3.8) is 0 Å². The molecule has 8 heteroatoms. The van der Waals surface area contributed by atoms with E-state index in [2.05, 4.69) is 9.97 Å². The number of halogens is 3. The van der Waals surface area contributed by atoms with Gasteiger partial charge in [0.2, 0.25) is 5.82 Å². The Kier molecular flexibility index (Phi) is 3.11. The van der Waals surface area contributed by atoms with E-state index < -0.39 is 35.0 Å². The molecule has 5 nitrogen and oxygen atoms in total. The van der Waals surface area contributed by atoms with Crippen LogP contribution in [0.5, 0.6) is 0 Å². The van der Waals surface area contributed by atoms with Gasteiger partial charge in [0.05, 0.1) is 5.69 Å². The Morgan fingerprint density at radius 1 is 1.29 bits per heavy atom. The lowest BCUT2D eigenvalue weighted by molar-refractivity contribution is -0.145. The second kappa shape index (κ2) is 3.95. The molecule has 0 bridgehead atoms. The average Bonchev–Trinajstić information content (AvgIpc) is 2.14. The third kappa shape index (κ3) is 3.13. The van der Waals surface area contributed by atoms with Gasteiger partial charge in [-0.25, -0.2) is 14.8 Å². The number of carboxylic acids is 1. The van der Waals surface area contributed by atoms with E-state index in [4.69, 9.17) is 5.11 Å². The molecule has 0 unspecified atom stereocenters. The molecule has 0 radical (unpaired) electrons. The first-order valence-corrected chi connectivity index (χ1v) is 4.44. The zero-order valence-corrected chi connectivity index (χ0v) is 8.91. The molecule has 17 heavy (non-hydrogen) atoms. The Morgan fingerprint density at radius 2 is 1.82 bits per heavy atom. The average molecular weight is 250 g/mol. The van der Waals surface area contributed by atoms with Crippen molar-refractivity contribution in [1.29, 1.82) is 0 Å². The van der Waals surface area contributed by atoms with Crippen molar-refractivity contribution in [1.82, 2.24) is 9.97 Å². The maximum Gasteiger partial charge on any atom is 0.451 e. The third-order valence-electron chi connectivity index (χ3n) is 1.83. The Hall–Kier alpha value is -1.70. The summed E-state index contributed by atoms with van der Waals surface area (Å²) in [4.78, 5) is 16.6. The van der Waals surface area contributed by atoms with Crippen molar-refractivity contribution in [2.24, 2.45) is 0 Å². The highest BCUT2D eigenvalue weighted by molar-refractivity contribution is 5.85. The van der Waals surface area contributed by atoms with Gasteiger partial charge < -0.3 is 10.2 Å². The predicted octanol–water partition coefficient (Wildman–Crippen LogP) is 1.42. The number of carbonyl (C=O) groups is 1. The van der Waals surface area contributed by atoms with Crippen LogP contribution in [0, 0.1) is 0 Å². The number of alkyl halides is 3. The Bertz CT molecular complexity index is 420. The van der Waals surface area contributed by atoms with E-state index in [1.807, 2.05) is 0 Å². The number of aromatic carboxylic acids is 1. The van der Waals surface area contributed by atoms with Crippen LogP contribution in [0.4, 0.5) is 13.2 Å². The van der Waals surface area contributed by atoms with Gasteiger partial charge >= 0.3 is 12.1 Å². The summed E-state index contributed by atoms with van der Waals surface area (Å²) in [6.07, 6.45) is -4.87. The summed E-state index contributed by atoms with van der Waals surface area (Å²) >= 11 is 0. The summed E-state index contributed by atoms with van der Waals surface area (Å²) in [7, 11) is 0. The van der Waals surface area contributed by atoms with Crippen LogP contribution in [-0.4, -0.2) is 26.2 Å². The minimum Gasteiger partial charge on any atom is -0.477 e.